The normalized spacial score (nSPS) is 11.1. The van der Waals surface area contributed by atoms with Crippen molar-refractivity contribution in [2.75, 3.05) is 18.4 Å². The second-order valence-corrected chi connectivity index (χ2v) is 7.54. The van der Waals surface area contributed by atoms with Gasteiger partial charge in [0, 0.05) is 6.07 Å². The minimum atomic E-state index is -3.84. The number of esters is 1. The number of carbonyl (C=O) groups is 1. The lowest BCUT2D eigenvalue weighted by atomic mass is 10.3. The van der Waals surface area contributed by atoms with Crippen LogP contribution in [-0.4, -0.2) is 37.9 Å². The maximum absolute atomic E-state index is 12.8. The summed E-state index contributed by atoms with van der Waals surface area (Å²) in [5.74, 6) is 0.159. The molecule has 3 aromatic rings. The molecule has 0 spiro atoms. The summed E-state index contributed by atoms with van der Waals surface area (Å²) >= 11 is 0. The quantitative estimate of drug-likeness (QED) is 0.611. The molecule has 8 nitrogen and oxygen atoms in total. The van der Waals surface area contributed by atoms with Crippen LogP contribution in [-0.2, 0) is 19.6 Å². The number of benzene rings is 2. The van der Waals surface area contributed by atoms with Gasteiger partial charge in [0.1, 0.15) is 11.6 Å². The van der Waals surface area contributed by atoms with E-state index in [1.54, 1.807) is 13.0 Å². The fourth-order valence-electron chi connectivity index (χ4n) is 2.45. The Morgan fingerprint density at radius 2 is 1.79 bits per heavy atom. The lowest BCUT2D eigenvalue weighted by Gasteiger charge is -2.11. The molecule has 0 saturated heterocycles. The smallest absolute Gasteiger partial charge is 0.343 e. The number of methoxy groups -OCH3 is 1. The minimum Gasteiger partial charge on any atom is -0.482 e. The fourth-order valence-corrected chi connectivity index (χ4v) is 3.48. The van der Waals surface area contributed by atoms with Crippen LogP contribution in [0.2, 0.25) is 0 Å². The Morgan fingerprint density at radius 3 is 2.43 bits per heavy atom. The van der Waals surface area contributed by atoms with Crippen molar-refractivity contribution in [2.45, 2.75) is 11.8 Å². The molecule has 0 atom stereocenters. The van der Waals surface area contributed by atoms with Crippen LogP contribution < -0.4 is 9.46 Å². The number of carbonyl (C=O) groups excluding carboxylic acids is 1. The number of sulfonamides is 1. The predicted octanol–water partition coefficient (Wildman–Crippen LogP) is 2.53. The third-order valence-corrected chi connectivity index (χ3v) is 5.16. The standard InChI is InChI=1S/C19H19N3O5S/c1-14-12-18(22(20-14)15-6-4-3-5-7-15)21-28(24,25)17-10-8-16(9-11-17)27-13-19(23)26-2/h3-12,21H,13H2,1-2H3. The van der Waals surface area contributed by atoms with E-state index in [2.05, 4.69) is 14.6 Å². The summed E-state index contributed by atoms with van der Waals surface area (Å²) < 4.78 is 39.3. The molecule has 2 aromatic carbocycles. The molecule has 0 aliphatic carbocycles. The third-order valence-electron chi connectivity index (χ3n) is 3.79. The molecular formula is C19H19N3O5S. The zero-order valence-corrected chi connectivity index (χ0v) is 16.1. The Bertz CT molecular complexity index is 1060. The first kappa shape index (κ1) is 19.4. The molecule has 0 amide bonds. The highest BCUT2D eigenvalue weighted by atomic mass is 32.2. The van der Waals surface area contributed by atoms with Crippen molar-refractivity contribution in [2.24, 2.45) is 0 Å². The van der Waals surface area contributed by atoms with Crippen molar-refractivity contribution in [1.29, 1.82) is 0 Å². The highest BCUT2D eigenvalue weighted by Crippen LogP contribution is 2.22. The van der Waals surface area contributed by atoms with Crippen LogP contribution in [0.25, 0.3) is 5.69 Å². The first-order valence-corrected chi connectivity index (χ1v) is 9.82. The van der Waals surface area contributed by atoms with Crippen LogP contribution in [0.4, 0.5) is 5.82 Å². The van der Waals surface area contributed by atoms with Crippen molar-refractivity contribution in [1.82, 2.24) is 9.78 Å². The molecule has 9 heteroatoms. The van der Waals surface area contributed by atoms with Crippen LogP contribution >= 0.6 is 0 Å². The van der Waals surface area contributed by atoms with Crippen molar-refractivity contribution in [3.63, 3.8) is 0 Å². The van der Waals surface area contributed by atoms with Gasteiger partial charge >= 0.3 is 5.97 Å². The van der Waals surface area contributed by atoms with Gasteiger partial charge in [-0.25, -0.2) is 17.9 Å². The van der Waals surface area contributed by atoms with Gasteiger partial charge in [0.2, 0.25) is 0 Å². The first-order valence-electron chi connectivity index (χ1n) is 8.33. The number of ether oxygens (including phenoxy) is 2. The SMILES string of the molecule is COC(=O)COc1ccc(S(=O)(=O)Nc2cc(C)nn2-c2ccccc2)cc1. The lowest BCUT2D eigenvalue weighted by molar-refractivity contribution is -0.142. The molecule has 1 aromatic heterocycles. The molecule has 0 aliphatic rings. The zero-order valence-electron chi connectivity index (χ0n) is 15.3. The van der Waals surface area contributed by atoms with Crippen LogP contribution in [0.1, 0.15) is 5.69 Å². The van der Waals surface area contributed by atoms with E-state index in [0.29, 0.717) is 17.3 Å². The largest absolute Gasteiger partial charge is 0.482 e. The van der Waals surface area contributed by atoms with Crippen LogP contribution in [0, 0.1) is 6.92 Å². The van der Waals surface area contributed by atoms with Gasteiger partial charge in [0.15, 0.2) is 6.61 Å². The highest BCUT2D eigenvalue weighted by Gasteiger charge is 2.18. The summed E-state index contributed by atoms with van der Waals surface area (Å²) in [7, 11) is -2.58. The number of hydrogen-bond acceptors (Lipinski definition) is 6. The topological polar surface area (TPSA) is 99.5 Å². The molecule has 0 fully saturated rings. The summed E-state index contributed by atoms with van der Waals surface area (Å²) in [6.45, 7) is 1.53. The summed E-state index contributed by atoms with van der Waals surface area (Å²) in [6.07, 6.45) is 0. The third kappa shape index (κ3) is 4.49. The van der Waals surface area contributed by atoms with Gasteiger partial charge in [-0.1, -0.05) is 18.2 Å². The molecule has 3 rings (SSSR count). The number of anilines is 1. The van der Waals surface area contributed by atoms with Crippen molar-refractivity contribution in [3.8, 4) is 11.4 Å². The maximum Gasteiger partial charge on any atom is 0.343 e. The molecule has 0 aliphatic heterocycles. The second-order valence-electron chi connectivity index (χ2n) is 5.86. The fraction of sp³-hybridized carbons (Fsp3) is 0.158. The van der Waals surface area contributed by atoms with Crippen molar-refractivity contribution < 1.29 is 22.7 Å². The monoisotopic (exact) mass is 401 g/mol. The van der Waals surface area contributed by atoms with Gasteiger partial charge in [-0.3, -0.25) is 4.72 Å². The number of hydrogen-bond donors (Lipinski definition) is 1. The number of nitrogens with zero attached hydrogens (tertiary/aromatic N) is 2. The zero-order chi connectivity index (χ0) is 20.1. The molecule has 28 heavy (non-hydrogen) atoms. The first-order chi connectivity index (χ1) is 13.4. The Kier molecular flexibility index (Phi) is 5.65. The Hall–Kier alpha value is -3.33. The van der Waals surface area contributed by atoms with E-state index >= 15 is 0 Å². The van der Waals surface area contributed by atoms with E-state index in [-0.39, 0.29) is 11.5 Å². The summed E-state index contributed by atoms with van der Waals surface area (Å²) in [4.78, 5) is 11.2. The average Bonchev–Trinajstić information content (AvgIpc) is 3.06. The predicted molar refractivity (Wildman–Crippen MR) is 103 cm³/mol. The van der Waals surface area contributed by atoms with E-state index in [4.69, 9.17) is 4.74 Å². The van der Waals surface area contributed by atoms with Gasteiger partial charge in [-0.15, -0.1) is 0 Å². The summed E-state index contributed by atoms with van der Waals surface area (Å²) in [6, 6.07) is 16.6. The lowest BCUT2D eigenvalue weighted by Crippen LogP contribution is -2.16. The van der Waals surface area contributed by atoms with E-state index in [0.717, 1.165) is 5.69 Å². The van der Waals surface area contributed by atoms with Gasteiger partial charge in [0.25, 0.3) is 10.0 Å². The summed E-state index contributed by atoms with van der Waals surface area (Å²) in [5.41, 5.74) is 1.41. The average molecular weight is 401 g/mol. The van der Waals surface area contributed by atoms with E-state index in [9.17, 15) is 13.2 Å². The number of para-hydroxylation sites is 1. The molecular weight excluding hydrogens is 382 g/mol. The van der Waals surface area contributed by atoms with Crippen molar-refractivity contribution in [3.05, 3.63) is 66.4 Å². The highest BCUT2D eigenvalue weighted by molar-refractivity contribution is 7.92. The molecule has 1 heterocycles. The Labute approximate surface area is 162 Å². The van der Waals surface area contributed by atoms with Crippen molar-refractivity contribution >= 4 is 21.8 Å². The molecule has 146 valence electrons. The minimum absolute atomic E-state index is 0.0522. The number of nitrogens with one attached hydrogen (secondary N) is 1. The van der Waals surface area contributed by atoms with Gasteiger partial charge < -0.3 is 9.47 Å². The maximum atomic E-state index is 12.8. The molecule has 0 bridgehead atoms. The van der Waals surface area contributed by atoms with Gasteiger partial charge in [-0.05, 0) is 43.3 Å². The molecule has 0 radical (unpaired) electrons. The van der Waals surface area contributed by atoms with Crippen LogP contribution in [0.15, 0.2) is 65.6 Å². The van der Waals surface area contributed by atoms with Gasteiger partial charge in [0.05, 0.1) is 23.4 Å². The molecule has 0 saturated carbocycles. The Balaban J connectivity index is 1.80. The molecule has 1 N–H and O–H groups in total. The second kappa shape index (κ2) is 8.13. The Morgan fingerprint density at radius 1 is 1.11 bits per heavy atom. The van der Waals surface area contributed by atoms with E-state index < -0.39 is 16.0 Å². The van der Waals surface area contributed by atoms with E-state index in [1.807, 2.05) is 30.3 Å². The van der Waals surface area contributed by atoms with Crippen LogP contribution in [0.3, 0.4) is 0 Å². The number of aromatic nitrogens is 2. The van der Waals surface area contributed by atoms with Gasteiger partial charge in [-0.2, -0.15) is 5.10 Å². The number of rotatable bonds is 7. The summed E-state index contributed by atoms with van der Waals surface area (Å²) in [5, 5.41) is 4.35. The molecule has 0 unspecified atom stereocenters. The van der Waals surface area contributed by atoms with E-state index in [1.165, 1.54) is 36.1 Å². The van der Waals surface area contributed by atoms with Crippen LogP contribution in [0.5, 0.6) is 5.75 Å². The number of aryl methyl sites for hydroxylation is 1.